The summed E-state index contributed by atoms with van der Waals surface area (Å²) in [5.41, 5.74) is 3.88. The van der Waals surface area contributed by atoms with Gasteiger partial charge in [-0.3, -0.25) is 9.80 Å². The van der Waals surface area contributed by atoms with Crippen LogP contribution in [0.2, 0.25) is 0 Å². The molecule has 1 aromatic heterocycles. The number of aromatic nitrogens is 2. The summed E-state index contributed by atoms with van der Waals surface area (Å²) in [6, 6.07) is 8.64. The molecule has 0 unspecified atom stereocenters. The van der Waals surface area contributed by atoms with Crippen LogP contribution < -0.4 is 0 Å². The van der Waals surface area contributed by atoms with Gasteiger partial charge in [-0.1, -0.05) is 17.7 Å². The summed E-state index contributed by atoms with van der Waals surface area (Å²) in [7, 11) is 0. The number of piperazine rings is 1. The monoisotopic (exact) mass is 330 g/mol. The Balaban J connectivity index is 1.66. The van der Waals surface area contributed by atoms with Crippen LogP contribution in [0.4, 0.5) is 0 Å². The van der Waals surface area contributed by atoms with E-state index in [1.54, 1.807) is 0 Å². The lowest BCUT2D eigenvalue weighted by Crippen LogP contribution is -2.46. The SMILES string of the molecule is CSCCN1CCN(Cc2cc(C)ccc2-n2cccn2)CC1. The zero-order chi connectivity index (χ0) is 16.1. The van der Waals surface area contributed by atoms with Crippen molar-refractivity contribution in [1.29, 1.82) is 0 Å². The predicted octanol–water partition coefficient (Wildman–Crippen LogP) is 2.66. The second-order valence-electron chi connectivity index (χ2n) is 6.19. The quantitative estimate of drug-likeness (QED) is 0.813. The maximum absolute atomic E-state index is 4.40. The Hall–Kier alpha value is -1.30. The second kappa shape index (κ2) is 7.99. The van der Waals surface area contributed by atoms with Crippen molar-refractivity contribution in [1.82, 2.24) is 19.6 Å². The van der Waals surface area contributed by atoms with Crippen molar-refractivity contribution in [2.45, 2.75) is 13.5 Å². The van der Waals surface area contributed by atoms with Gasteiger partial charge in [0.25, 0.3) is 0 Å². The van der Waals surface area contributed by atoms with Crippen molar-refractivity contribution < 1.29 is 0 Å². The van der Waals surface area contributed by atoms with E-state index in [4.69, 9.17) is 0 Å². The lowest BCUT2D eigenvalue weighted by atomic mass is 10.1. The largest absolute Gasteiger partial charge is 0.300 e. The molecule has 1 fully saturated rings. The predicted molar refractivity (Wildman–Crippen MR) is 98.4 cm³/mol. The van der Waals surface area contributed by atoms with Crippen LogP contribution in [-0.2, 0) is 6.54 Å². The molecule has 5 heteroatoms. The maximum atomic E-state index is 4.40. The fourth-order valence-electron chi connectivity index (χ4n) is 3.11. The normalized spacial score (nSPS) is 16.8. The molecule has 0 aliphatic carbocycles. The standard InChI is InChI=1S/C18H26N4S/c1-16-4-5-18(22-7-3-6-19-22)17(14-16)15-21-10-8-20(9-11-21)12-13-23-2/h3-7,14H,8-13,15H2,1-2H3. The molecule has 1 aliphatic rings. The van der Waals surface area contributed by atoms with Crippen LogP contribution in [0.3, 0.4) is 0 Å². The van der Waals surface area contributed by atoms with Crippen molar-refractivity contribution in [2.75, 3.05) is 44.7 Å². The van der Waals surface area contributed by atoms with E-state index in [1.165, 1.54) is 42.2 Å². The van der Waals surface area contributed by atoms with Gasteiger partial charge in [0.1, 0.15) is 0 Å². The number of hydrogen-bond donors (Lipinski definition) is 0. The highest BCUT2D eigenvalue weighted by atomic mass is 32.2. The highest BCUT2D eigenvalue weighted by Gasteiger charge is 2.18. The minimum atomic E-state index is 1.01. The number of thioether (sulfide) groups is 1. The fourth-order valence-corrected chi connectivity index (χ4v) is 3.55. The molecule has 124 valence electrons. The van der Waals surface area contributed by atoms with E-state index >= 15 is 0 Å². The summed E-state index contributed by atoms with van der Waals surface area (Å²) >= 11 is 1.94. The summed E-state index contributed by atoms with van der Waals surface area (Å²) in [5, 5.41) is 4.40. The third-order valence-corrected chi connectivity index (χ3v) is 5.05. The van der Waals surface area contributed by atoms with E-state index in [1.807, 2.05) is 34.9 Å². The van der Waals surface area contributed by atoms with Crippen LogP contribution in [0, 0.1) is 6.92 Å². The number of nitrogens with zero attached hydrogens (tertiary/aromatic N) is 4. The van der Waals surface area contributed by atoms with Crippen LogP contribution >= 0.6 is 11.8 Å². The smallest absolute Gasteiger partial charge is 0.0690 e. The van der Waals surface area contributed by atoms with E-state index in [2.05, 4.69) is 46.3 Å². The van der Waals surface area contributed by atoms with Gasteiger partial charge in [-0.15, -0.1) is 0 Å². The van der Waals surface area contributed by atoms with Crippen LogP contribution in [0.1, 0.15) is 11.1 Å². The fraction of sp³-hybridized carbons (Fsp3) is 0.500. The van der Waals surface area contributed by atoms with E-state index < -0.39 is 0 Å². The molecule has 2 aromatic rings. The first kappa shape index (κ1) is 16.6. The summed E-state index contributed by atoms with van der Waals surface area (Å²) in [6.45, 7) is 9.07. The van der Waals surface area contributed by atoms with E-state index in [0.717, 1.165) is 19.6 Å². The third-order valence-electron chi connectivity index (χ3n) is 4.46. The number of aryl methyl sites for hydroxylation is 1. The molecule has 0 amide bonds. The molecule has 1 aliphatic heterocycles. The van der Waals surface area contributed by atoms with Gasteiger partial charge in [-0.05, 0) is 30.9 Å². The van der Waals surface area contributed by atoms with Gasteiger partial charge in [0, 0.05) is 57.4 Å². The van der Waals surface area contributed by atoms with Gasteiger partial charge in [0.05, 0.1) is 5.69 Å². The molecule has 0 radical (unpaired) electrons. The van der Waals surface area contributed by atoms with Crippen molar-refractivity contribution in [2.24, 2.45) is 0 Å². The molecule has 1 aromatic carbocycles. The molecule has 2 heterocycles. The molecule has 0 N–H and O–H groups in total. The highest BCUT2D eigenvalue weighted by molar-refractivity contribution is 7.98. The first-order chi connectivity index (χ1) is 11.3. The lowest BCUT2D eigenvalue weighted by molar-refractivity contribution is 0.132. The molecule has 0 atom stereocenters. The van der Waals surface area contributed by atoms with Crippen LogP contribution in [0.5, 0.6) is 0 Å². The number of benzene rings is 1. The van der Waals surface area contributed by atoms with E-state index in [9.17, 15) is 0 Å². The van der Waals surface area contributed by atoms with Crippen molar-refractivity contribution in [3.05, 3.63) is 47.8 Å². The second-order valence-corrected chi connectivity index (χ2v) is 7.18. The molecule has 1 saturated heterocycles. The average molecular weight is 331 g/mol. The first-order valence-electron chi connectivity index (χ1n) is 8.29. The van der Waals surface area contributed by atoms with Gasteiger partial charge in [0.15, 0.2) is 0 Å². The van der Waals surface area contributed by atoms with Gasteiger partial charge in [0.2, 0.25) is 0 Å². The maximum Gasteiger partial charge on any atom is 0.0690 e. The number of hydrogen-bond acceptors (Lipinski definition) is 4. The van der Waals surface area contributed by atoms with Crippen LogP contribution in [0.25, 0.3) is 5.69 Å². The summed E-state index contributed by atoms with van der Waals surface area (Å²) in [5.74, 6) is 1.24. The molecule has 0 bridgehead atoms. The molecule has 0 saturated carbocycles. The third kappa shape index (κ3) is 4.37. The lowest BCUT2D eigenvalue weighted by Gasteiger charge is -2.35. The van der Waals surface area contributed by atoms with E-state index in [0.29, 0.717) is 0 Å². The summed E-state index contributed by atoms with van der Waals surface area (Å²) in [4.78, 5) is 5.15. The Bertz CT molecular complexity index is 603. The minimum Gasteiger partial charge on any atom is -0.300 e. The molecule has 4 nitrogen and oxygen atoms in total. The van der Waals surface area contributed by atoms with Gasteiger partial charge in [-0.25, -0.2) is 4.68 Å². The molecular formula is C18H26N4S. The Morgan fingerprint density at radius 1 is 1.13 bits per heavy atom. The Kier molecular flexibility index (Phi) is 5.75. The molecule has 23 heavy (non-hydrogen) atoms. The zero-order valence-electron chi connectivity index (χ0n) is 14.1. The van der Waals surface area contributed by atoms with Gasteiger partial charge >= 0.3 is 0 Å². The summed E-state index contributed by atoms with van der Waals surface area (Å²) in [6.07, 6.45) is 6.05. The Labute approximate surface area is 143 Å². The molecule has 3 rings (SSSR count). The molecule has 0 spiro atoms. The topological polar surface area (TPSA) is 24.3 Å². The Morgan fingerprint density at radius 2 is 1.91 bits per heavy atom. The minimum absolute atomic E-state index is 1.01. The van der Waals surface area contributed by atoms with Crippen molar-refractivity contribution in [3.8, 4) is 5.69 Å². The zero-order valence-corrected chi connectivity index (χ0v) is 14.9. The average Bonchev–Trinajstić information content (AvgIpc) is 3.09. The van der Waals surface area contributed by atoms with Crippen molar-refractivity contribution >= 4 is 11.8 Å². The molecular weight excluding hydrogens is 304 g/mol. The van der Waals surface area contributed by atoms with Crippen LogP contribution in [0.15, 0.2) is 36.7 Å². The van der Waals surface area contributed by atoms with E-state index in [-0.39, 0.29) is 0 Å². The van der Waals surface area contributed by atoms with Gasteiger partial charge in [-0.2, -0.15) is 16.9 Å². The highest BCUT2D eigenvalue weighted by Crippen LogP contribution is 2.19. The number of rotatable bonds is 6. The first-order valence-corrected chi connectivity index (χ1v) is 9.69. The van der Waals surface area contributed by atoms with Crippen molar-refractivity contribution in [3.63, 3.8) is 0 Å². The Morgan fingerprint density at radius 3 is 2.61 bits per heavy atom. The van der Waals surface area contributed by atoms with Crippen LogP contribution in [-0.4, -0.2) is 64.3 Å². The summed E-state index contributed by atoms with van der Waals surface area (Å²) < 4.78 is 1.98. The van der Waals surface area contributed by atoms with Gasteiger partial charge < -0.3 is 0 Å².